The topological polar surface area (TPSA) is 75.7 Å². The number of likely N-dealkylation sites (tertiary alicyclic amines) is 1. The Morgan fingerprint density at radius 2 is 1.74 bits per heavy atom. The van der Waals surface area contributed by atoms with Crippen LogP contribution in [0, 0.1) is 35.5 Å². The van der Waals surface area contributed by atoms with E-state index in [0.29, 0.717) is 24.8 Å². The van der Waals surface area contributed by atoms with Crippen molar-refractivity contribution in [2.45, 2.75) is 37.8 Å². The van der Waals surface area contributed by atoms with Gasteiger partial charge in [-0.2, -0.15) is 0 Å². The predicted octanol–water partition coefficient (Wildman–Crippen LogP) is 1.95. The molecule has 8 atom stereocenters. The van der Waals surface area contributed by atoms with Crippen LogP contribution >= 0.6 is 0 Å². The van der Waals surface area contributed by atoms with Crippen LogP contribution in [-0.2, 0) is 25.5 Å². The van der Waals surface area contributed by atoms with Gasteiger partial charge >= 0.3 is 0 Å². The van der Waals surface area contributed by atoms with Crippen LogP contribution in [0.25, 0.3) is 0 Å². The van der Waals surface area contributed by atoms with E-state index >= 15 is 0 Å². The molecule has 0 spiro atoms. The Hall–Kier alpha value is -2.47. The maximum atomic E-state index is 13.6. The first-order valence-electron chi connectivity index (χ1n) is 11.6. The quantitative estimate of drug-likeness (QED) is 0.564. The SMILES string of the molecule is O=C(NC[C@H]1CCCO1)[C@H](Cc1ccccc1)N1C(=O)[C@@H]2[C@@H]3C=C[C@H]([C@H]4C[C@H]34)[C@@H]2C1=O. The molecule has 7 rings (SSSR count). The number of nitrogens with one attached hydrogen (secondary N) is 1. The Balaban J connectivity index is 1.27. The highest BCUT2D eigenvalue weighted by molar-refractivity contribution is 6.09. The summed E-state index contributed by atoms with van der Waals surface area (Å²) >= 11 is 0. The molecule has 6 aliphatic rings. The number of nitrogens with zero attached hydrogens (tertiary/aromatic N) is 1. The number of allylic oxidation sites excluding steroid dienone is 2. The maximum absolute atomic E-state index is 13.6. The van der Waals surface area contributed by atoms with Gasteiger partial charge in [0.25, 0.3) is 0 Å². The Morgan fingerprint density at radius 1 is 1.06 bits per heavy atom. The third-order valence-electron chi connectivity index (χ3n) is 8.11. The van der Waals surface area contributed by atoms with E-state index in [1.807, 2.05) is 30.3 Å². The lowest BCUT2D eigenvalue weighted by molar-refractivity contribution is -0.148. The molecular weight excluding hydrogens is 392 g/mol. The number of carbonyl (C=O) groups excluding carboxylic acids is 3. The fourth-order valence-corrected chi connectivity index (χ4v) is 6.56. The largest absolute Gasteiger partial charge is 0.376 e. The molecule has 4 fully saturated rings. The van der Waals surface area contributed by atoms with Gasteiger partial charge in [-0.05, 0) is 48.5 Å². The zero-order valence-electron chi connectivity index (χ0n) is 17.5. The summed E-state index contributed by atoms with van der Waals surface area (Å²) in [6.45, 7) is 1.14. The predicted molar refractivity (Wildman–Crippen MR) is 112 cm³/mol. The zero-order chi connectivity index (χ0) is 21.1. The van der Waals surface area contributed by atoms with Crippen molar-refractivity contribution in [1.29, 1.82) is 0 Å². The second-order valence-corrected chi connectivity index (χ2v) is 9.79. The van der Waals surface area contributed by atoms with Gasteiger partial charge in [-0.15, -0.1) is 0 Å². The Morgan fingerprint density at radius 3 is 2.35 bits per heavy atom. The molecule has 0 radical (unpaired) electrons. The van der Waals surface area contributed by atoms with Gasteiger partial charge in [-0.3, -0.25) is 19.3 Å². The highest BCUT2D eigenvalue weighted by Gasteiger charge is 2.67. The second-order valence-electron chi connectivity index (χ2n) is 9.79. The number of amides is 3. The number of imide groups is 1. The summed E-state index contributed by atoms with van der Waals surface area (Å²) in [6.07, 6.45) is 7.74. The van der Waals surface area contributed by atoms with Crippen LogP contribution < -0.4 is 5.32 Å². The van der Waals surface area contributed by atoms with Crippen molar-refractivity contribution in [1.82, 2.24) is 10.2 Å². The molecule has 2 heterocycles. The summed E-state index contributed by atoms with van der Waals surface area (Å²) in [5.74, 6) is 0.308. The average Bonchev–Trinajstić information content (AvgIpc) is 3.38. The van der Waals surface area contributed by atoms with Crippen LogP contribution in [0.3, 0.4) is 0 Å². The lowest BCUT2D eigenvalue weighted by atomic mass is 9.63. The molecule has 1 aromatic rings. The summed E-state index contributed by atoms with van der Waals surface area (Å²) in [6, 6.07) is 8.83. The minimum Gasteiger partial charge on any atom is -0.376 e. The number of hydrogen-bond acceptors (Lipinski definition) is 4. The highest BCUT2D eigenvalue weighted by Crippen LogP contribution is 2.65. The molecule has 0 unspecified atom stereocenters. The fourth-order valence-electron chi connectivity index (χ4n) is 6.56. The fraction of sp³-hybridized carbons (Fsp3) is 0.560. The normalized spacial score (nSPS) is 38.2. The van der Waals surface area contributed by atoms with Crippen molar-refractivity contribution in [3.8, 4) is 0 Å². The summed E-state index contributed by atoms with van der Waals surface area (Å²) in [4.78, 5) is 41.8. The Labute approximate surface area is 182 Å². The van der Waals surface area contributed by atoms with E-state index in [9.17, 15) is 14.4 Å². The highest BCUT2D eigenvalue weighted by atomic mass is 16.5. The van der Waals surface area contributed by atoms with Gasteiger partial charge in [0.1, 0.15) is 6.04 Å². The molecule has 0 aromatic heterocycles. The van der Waals surface area contributed by atoms with Gasteiger partial charge in [0, 0.05) is 19.6 Å². The smallest absolute Gasteiger partial charge is 0.243 e. The van der Waals surface area contributed by atoms with Crippen molar-refractivity contribution in [3.63, 3.8) is 0 Å². The van der Waals surface area contributed by atoms with Gasteiger partial charge in [0.15, 0.2) is 0 Å². The number of hydrogen-bond donors (Lipinski definition) is 1. The number of rotatable bonds is 6. The standard InChI is InChI=1S/C25H28N2O4/c28-23(26-13-15-7-4-10-31-15)20(11-14-5-2-1-3-6-14)27-24(29)21-16-8-9-17(19-12-18(16)19)22(21)25(27)30/h1-3,5-6,8-9,15-22H,4,7,10-13H2,(H,26,28)/t15-,16-,17-,18-,19-,20+,21-,22+/m1/s1. The number of benzene rings is 1. The van der Waals surface area contributed by atoms with Crippen LogP contribution in [0.4, 0.5) is 0 Å². The lowest BCUT2D eigenvalue weighted by Gasteiger charge is -2.37. The molecule has 1 aromatic carbocycles. The molecule has 2 aliphatic heterocycles. The first kappa shape index (κ1) is 19.2. The van der Waals surface area contributed by atoms with Crippen molar-refractivity contribution in [3.05, 3.63) is 48.0 Å². The Kier molecular flexibility index (Phi) is 4.53. The molecular formula is C25H28N2O4. The minimum absolute atomic E-state index is 0.0149. The third kappa shape index (κ3) is 3.06. The lowest BCUT2D eigenvalue weighted by Crippen LogP contribution is -2.52. The zero-order valence-corrected chi connectivity index (χ0v) is 17.5. The number of ether oxygens (including phenoxy) is 1. The maximum Gasteiger partial charge on any atom is 0.243 e. The van der Waals surface area contributed by atoms with E-state index < -0.39 is 6.04 Å². The van der Waals surface area contributed by atoms with Crippen molar-refractivity contribution in [2.24, 2.45) is 35.5 Å². The van der Waals surface area contributed by atoms with Crippen LogP contribution in [0.5, 0.6) is 0 Å². The summed E-state index contributed by atoms with van der Waals surface area (Å²) in [5, 5.41) is 2.97. The third-order valence-corrected chi connectivity index (χ3v) is 8.11. The van der Waals surface area contributed by atoms with E-state index in [4.69, 9.17) is 4.74 Å². The van der Waals surface area contributed by atoms with E-state index in [-0.39, 0.29) is 47.5 Å². The van der Waals surface area contributed by atoms with Crippen LogP contribution in [0.2, 0.25) is 0 Å². The number of carbonyl (C=O) groups is 3. The first-order valence-corrected chi connectivity index (χ1v) is 11.6. The van der Waals surface area contributed by atoms with Gasteiger partial charge in [0.05, 0.1) is 17.9 Å². The van der Waals surface area contributed by atoms with Crippen LogP contribution in [0.1, 0.15) is 24.8 Å². The summed E-state index contributed by atoms with van der Waals surface area (Å²) in [7, 11) is 0. The molecule has 2 saturated carbocycles. The molecule has 162 valence electrons. The van der Waals surface area contributed by atoms with Crippen LogP contribution in [0.15, 0.2) is 42.5 Å². The molecule has 2 saturated heterocycles. The molecule has 31 heavy (non-hydrogen) atoms. The monoisotopic (exact) mass is 420 g/mol. The molecule has 1 N–H and O–H groups in total. The first-order chi connectivity index (χ1) is 15.1. The minimum atomic E-state index is -0.815. The van der Waals surface area contributed by atoms with Crippen molar-refractivity contribution in [2.75, 3.05) is 13.2 Å². The van der Waals surface area contributed by atoms with Gasteiger partial charge < -0.3 is 10.1 Å². The average molecular weight is 421 g/mol. The van der Waals surface area contributed by atoms with E-state index in [2.05, 4.69) is 17.5 Å². The molecule has 3 amide bonds. The van der Waals surface area contributed by atoms with Crippen molar-refractivity contribution < 1.29 is 19.1 Å². The second kappa shape index (κ2) is 7.30. The Bertz CT molecular complexity index is 902. The molecule has 6 nitrogen and oxygen atoms in total. The summed E-state index contributed by atoms with van der Waals surface area (Å²) in [5.41, 5.74) is 0.944. The van der Waals surface area contributed by atoms with Crippen LogP contribution in [-0.4, -0.2) is 47.9 Å². The van der Waals surface area contributed by atoms with E-state index in [0.717, 1.165) is 31.4 Å². The van der Waals surface area contributed by atoms with Gasteiger partial charge in [-0.1, -0.05) is 42.5 Å². The van der Waals surface area contributed by atoms with E-state index in [1.54, 1.807) is 0 Å². The summed E-state index contributed by atoms with van der Waals surface area (Å²) < 4.78 is 5.63. The van der Waals surface area contributed by atoms with Gasteiger partial charge in [-0.25, -0.2) is 0 Å². The molecule has 2 bridgehead atoms. The molecule has 6 heteroatoms. The van der Waals surface area contributed by atoms with E-state index in [1.165, 1.54) is 4.90 Å². The van der Waals surface area contributed by atoms with Gasteiger partial charge in [0.2, 0.25) is 17.7 Å². The van der Waals surface area contributed by atoms with Crippen molar-refractivity contribution >= 4 is 17.7 Å². The molecule has 4 aliphatic carbocycles.